The van der Waals surface area contributed by atoms with Crippen LogP contribution in [0, 0.1) is 10.1 Å². The molecule has 4 aromatic carbocycles. The standard InChI is InChI=1S/C26H16ClN3O3S/c27-20-11-7-17(8-12-20)23-25(18-9-13-21(14-10-18)30(32)33)34-26(29-23)28-15-19-6-5-16-3-1-2-4-22(16)24(19)31/h1-15,31H. The minimum Gasteiger partial charge on any atom is -0.507 e. The fourth-order valence-electron chi connectivity index (χ4n) is 3.60. The second-order valence-electron chi connectivity index (χ2n) is 7.47. The van der Waals surface area contributed by atoms with E-state index >= 15 is 0 Å². The molecule has 0 saturated heterocycles. The molecule has 8 heteroatoms. The van der Waals surface area contributed by atoms with E-state index in [4.69, 9.17) is 16.6 Å². The van der Waals surface area contributed by atoms with E-state index in [9.17, 15) is 15.2 Å². The van der Waals surface area contributed by atoms with E-state index in [1.165, 1.54) is 23.5 Å². The highest BCUT2D eigenvalue weighted by Gasteiger charge is 2.16. The third-order valence-corrected chi connectivity index (χ3v) is 6.58. The number of thiazole rings is 1. The normalized spacial score (nSPS) is 11.3. The number of hydrogen-bond donors (Lipinski definition) is 1. The average Bonchev–Trinajstić information content (AvgIpc) is 3.28. The number of benzene rings is 4. The molecule has 0 aliphatic heterocycles. The van der Waals surface area contributed by atoms with E-state index in [1.54, 1.807) is 30.5 Å². The molecule has 0 aliphatic carbocycles. The lowest BCUT2D eigenvalue weighted by Crippen LogP contribution is -1.87. The molecular formula is C26H16ClN3O3S. The molecule has 0 spiro atoms. The van der Waals surface area contributed by atoms with Crippen molar-refractivity contribution in [2.75, 3.05) is 0 Å². The maximum atomic E-state index is 11.0. The molecule has 166 valence electrons. The molecule has 5 rings (SSSR count). The zero-order valence-corrected chi connectivity index (χ0v) is 19.1. The van der Waals surface area contributed by atoms with Gasteiger partial charge in [0.2, 0.25) is 5.13 Å². The summed E-state index contributed by atoms with van der Waals surface area (Å²) < 4.78 is 0. The fourth-order valence-corrected chi connectivity index (χ4v) is 4.66. The Morgan fingerprint density at radius 2 is 1.65 bits per heavy atom. The van der Waals surface area contributed by atoms with E-state index in [0.29, 0.717) is 21.4 Å². The Hall–Kier alpha value is -4.07. The van der Waals surface area contributed by atoms with E-state index in [0.717, 1.165) is 26.8 Å². The van der Waals surface area contributed by atoms with Crippen LogP contribution in [0.5, 0.6) is 5.75 Å². The van der Waals surface area contributed by atoms with Gasteiger partial charge in [-0.15, -0.1) is 0 Å². The number of rotatable bonds is 5. The first-order valence-electron chi connectivity index (χ1n) is 10.3. The summed E-state index contributed by atoms with van der Waals surface area (Å²) in [4.78, 5) is 20.7. The highest BCUT2D eigenvalue weighted by atomic mass is 35.5. The van der Waals surface area contributed by atoms with Crippen molar-refractivity contribution in [1.82, 2.24) is 4.98 Å². The molecule has 0 atom stereocenters. The molecule has 0 unspecified atom stereocenters. The molecule has 0 amide bonds. The van der Waals surface area contributed by atoms with Crippen LogP contribution in [0.2, 0.25) is 5.02 Å². The fraction of sp³-hybridized carbons (Fsp3) is 0. The quantitative estimate of drug-likeness (QED) is 0.157. The zero-order chi connectivity index (χ0) is 23.7. The Morgan fingerprint density at radius 3 is 2.38 bits per heavy atom. The van der Waals surface area contributed by atoms with Gasteiger partial charge in [0.1, 0.15) is 5.75 Å². The molecule has 0 saturated carbocycles. The Balaban J connectivity index is 1.57. The summed E-state index contributed by atoms with van der Waals surface area (Å²) >= 11 is 7.41. The van der Waals surface area contributed by atoms with Gasteiger partial charge < -0.3 is 5.11 Å². The monoisotopic (exact) mass is 485 g/mol. The highest BCUT2D eigenvalue weighted by molar-refractivity contribution is 7.19. The van der Waals surface area contributed by atoms with Gasteiger partial charge in [-0.05, 0) is 41.3 Å². The number of non-ortho nitro benzene ring substituents is 1. The lowest BCUT2D eigenvalue weighted by atomic mass is 10.1. The molecule has 6 nitrogen and oxygen atoms in total. The van der Waals surface area contributed by atoms with Crippen LogP contribution in [0.4, 0.5) is 10.8 Å². The Kier molecular flexibility index (Phi) is 5.79. The molecule has 0 fully saturated rings. The molecule has 1 heterocycles. The summed E-state index contributed by atoms with van der Waals surface area (Å²) in [5.41, 5.74) is 2.95. The van der Waals surface area contributed by atoms with Crippen molar-refractivity contribution in [3.8, 4) is 27.4 Å². The number of aromatic nitrogens is 1. The van der Waals surface area contributed by atoms with Gasteiger partial charge in [0.25, 0.3) is 5.69 Å². The number of aromatic hydroxyl groups is 1. The first-order chi connectivity index (χ1) is 16.5. The summed E-state index contributed by atoms with van der Waals surface area (Å²) in [6.45, 7) is 0. The largest absolute Gasteiger partial charge is 0.507 e. The van der Waals surface area contributed by atoms with Crippen LogP contribution in [-0.4, -0.2) is 21.2 Å². The van der Waals surface area contributed by atoms with E-state index < -0.39 is 4.92 Å². The minimum atomic E-state index is -0.428. The average molecular weight is 486 g/mol. The van der Waals surface area contributed by atoms with Gasteiger partial charge >= 0.3 is 0 Å². The lowest BCUT2D eigenvalue weighted by molar-refractivity contribution is -0.384. The van der Waals surface area contributed by atoms with Crippen molar-refractivity contribution in [2.24, 2.45) is 4.99 Å². The molecule has 1 aromatic heterocycles. The van der Waals surface area contributed by atoms with Crippen molar-refractivity contribution in [2.45, 2.75) is 0 Å². The summed E-state index contributed by atoms with van der Waals surface area (Å²) in [7, 11) is 0. The number of nitro benzene ring substituents is 1. The van der Waals surface area contributed by atoms with Crippen molar-refractivity contribution in [1.29, 1.82) is 0 Å². The molecule has 34 heavy (non-hydrogen) atoms. The second-order valence-corrected chi connectivity index (χ2v) is 8.88. The van der Waals surface area contributed by atoms with Crippen LogP contribution in [0.25, 0.3) is 32.5 Å². The molecule has 1 N–H and O–H groups in total. The summed E-state index contributed by atoms with van der Waals surface area (Å²) in [6, 6.07) is 25.0. The zero-order valence-electron chi connectivity index (χ0n) is 17.6. The van der Waals surface area contributed by atoms with Crippen LogP contribution in [0.15, 0.2) is 89.9 Å². The molecule has 0 bridgehead atoms. The van der Waals surface area contributed by atoms with Gasteiger partial charge in [-0.2, -0.15) is 0 Å². The third-order valence-electron chi connectivity index (χ3n) is 5.32. The van der Waals surface area contributed by atoms with E-state index in [1.807, 2.05) is 48.5 Å². The number of nitrogens with zero attached hydrogens (tertiary/aromatic N) is 3. The SMILES string of the molecule is O=[N+]([O-])c1ccc(-c2sc(N=Cc3ccc4ccccc4c3O)nc2-c2ccc(Cl)cc2)cc1. The summed E-state index contributed by atoms with van der Waals surface area (Å²) in [6.07, 6.45) is 1.59. The van der Waals surface area contributed by atoms with Crippen LogP contribution in [0.3, 0.4) is 0 Å². The number of aliphatic imine (C=N–C) groups is 1. The van der Waals surface area contributed by atoms with Gasteiger partial charge in [0, 0.05) is 39.9 Å². The first-order valence-corrected chi connectivity index (χ1v) is 11.5. The summed E-state index contributed by atoms with van der Waals surface area (Å²) in [5.74, 6) is 0.159. The number of nitro groups is 1. The van der Waals surface area contributed by atoms with Gasteiger partial charge in [0.05, 0.1) is 15.5 Å². The maximum Gasteiger partial charge on any atom is 0.269 e. The number of phenolic OH excluding ortho intramolecular Hbond substituents is 1. The lowest BCUT2D eigenvalue weighted by Gasteiger charge is -2.03. The van der Waals surface area contributed by atoms with Crippen LogP contribution in [0.1, 0.15) is 5.56 Å². The molecular weight excluding hydrogens is 470 g/mol. The predicted octanol–water partition coefficient (Wildman–Crippen LogP) is 7.65. The van der Waals surface area contributed by atoms with E-state index in [-0.39, 0.29) is 11.4 Å². The van der Waals surface area contributed by atoms with Gasteiger partial charge in [0.15, 0.2) is 0 Å². The summed E-state index contributed by atoms with van der Waals surface area (Å²) in [5, 5.41) is 24.5. The topological polar surface area (TPSA) is 88.6 Å². The van der Waals surface area contributed by atoms with E-state index in [2.05, 4.69) is 4.99 Å². The van der Waals surface area contributed by atoms with Crippen LogP contribution < -0.4 is 0 Å². The first kappa shape index (κ1) is 21.8. The third kappa shape index (κ3) is 4.26. The van der Waals surface area contributed by atoms with Gasteiger partial charge in [-0.25, -0.2) is 9.98 Å². The van der Waals surface area contributed by atoms with Crippen molar-refractivity contribution in [3.63, 3.8) is 0 Å². The van der Waals surface area contributed by atoms with Crippen LogP contribution >= 0.6 is 22.9 Å². The number of fused-ring (bicyclic) bond motifs is 1. The number of halogens is 1. The minimum absolute atomic E-state index is 0.0198. The Morgan fingerprint density at radius 1 is 0.941 bits per heavy atom. The van der Waals surface area contributed by atoms with Crippen molar-refractivity contribution in [3.05, 3.63) is 106 Å². The van der Waals surface area contributed by atoms with Crippen molar-refractivity contribution >= 4 is 50.7 Å². The predicted molar refractivity (Wildman–Crippen MR) is 138 cm³/mol. The maximum absolute atomic E-state index is 11.0. The second kappa shape index (κ2) is 9.05. The number of phenols is 1. The molecule has 0 radical (unpaired) electrons. The Bertz CT molecular complexity index is 1540. The van der Waals surface area contributed by atoms with Gasteiger partial charge in [-0.3, -0.25) is 10.1 Å². The molecule has 5 aromatic rings. The molecule has 0 aliphatic rings. The van der Waals surface area contributed by atoms with Gasteiger partial charge in [-0.1, -0.05) is 65.4 Å². The smallest absolute Gasteiger partial charge is 0.269 e. The Labute approximate surface area is 203 Å². The van der Waals surface area contributed by atoms with Crippen LogP contribution in [-0.2, 0) is 0 Å². The highest BCUT2D eigenvalue weighted by Crippen LogP contribution is 2.41. The van der Waals surface area contributed by atoms with Crippen molar-refractivity contribution < 1.29 is 10.0 Å². The number of hydrogen-bond acceptors (Lipinski definition) is 6.